The van der Waals surface area contributed by atoms with Crippen LogP contribution < -0.4 is 19.5 Å². The van der Waals surface area contributed by atoms with Crippen LogP contribution in [0.15, 0.2) is 18.2 Å². The van der Waals surface area contributed by atoms with Crippen LogP contribution in [0.1, 0.15) is 33.1 Å². The van der Waals surface area contributed by atoms with Crippen molar-refractivity contribution >= 4 is 0 Å². The van der Waals surface area contributed by atoms with Crippen molar-refractivity contribution in [3.8, 4) is 17.2 Å². The molecule has 1 atom stereocenters. The molecule has 0 aromatic heterocycles. The minimum absolute atomic E-state index is 0.386. The maximum Gasteiger partial charge on any atom is 0.126 e. The van der Waals surface area contributed by atoms with Crippen LogP contribution in [0.25, 0.3) is 0 Å². The van der Waals surface area contributed by atoms with Gasteiger partial charge in [-0.1, -0.05) is 20.3 Å². The molecule has 0 aliphatic carbocycles. The van der Waals surface area contributed by atoms with Gasteiger partial charge in [0.2, 0.25) is 0 Å². The van der Waals surface area contributed by atoms with Crippen LogP contribution in [0, 0.1) is 0 Å². The van der Waals surface area contributed by atoms with Crippen LogP contribution >= 0.6 is 0 Å². The van der Waals surface area contributed by atoms with Crippen molar-refractivity contribution in [2.45, 2.75) is 39.2 Å². The average molecular weight is 281 g/mol. The quantitative estimate of drug-likeness (QED) is 0.714. The van der Waals surface area contributed by atoms with E-state index in [0.717, 1.165) is 43.1 Å². The Bertz CT molecular complexity index is 360. The molecule has 0 spiro atoms. The van der Waals surface area contributed by atoms with E-state index in [1.165, 1.54) is 0 Å². The van der Waals surface area contributed by atoms with Crippen LogP contribution in [0.5, 0.6) is 17.2 Å². The Morgan fingerprint density at radius 3 is 2.05 bits per heavy atom. The highest BCUT2D eigenvalue weighted by Gasteiger charge is 2.09. The molecule has 1 N–H and O–H groups in total. The molecule has 0 aliphatic heterocycles. The third kappa shape index (κ3) is 5.70. The van der Waals surface area contributed by atoms with Crippen molar-refractivity contribution < 1.29 is 14.2 Å². The van der Waals surface area contributed by atoms with Crippen LogP contribution in [0.3, 0.4) is 0 Å². The number of benzene rings is 1. The second-order valence-electron chi connectivity index (χ2n) is 4.80. The van der Waals surface area contributed by atoms with E-state index in [1.807, 2.05) is 18.2 Å². The van der Waals surface area contributed by atoms with Gasteiger partial charge in [-0.25, -0.2) is 0 Å². The molecule has 0 fully saturated rings. The maximum absolute atomic E-state index is 5.88. The standard InChI is InChI=1S/C16H27NO3/c1-5-7-13(17-8-6-2)12-20-16-10-14(18-3)9-15(11-16)19-4/h9-11,13,17H,5-8,12H2,1-4H3. The highest BCUT2D eigenvalue weighted by molar-refractivity contribution is 5.42. The summed E-state index contributed by atoms with van der Waals surface area (Å²) >= 11 is 0. The lowest BCUT2D eigenvalue weighted by Crippen LogP contribution is -2.35. The van der Waals surface area contributed by atoms with Gasteiger partial charge >= 0.3 is 0 Å². The zero-order valence-corrected chi connectivity index (χ0v) is 13.1. The van der Waals surface area contributed by atoms with E-state index in [2.05, 4.69) is 19.2 Å². The van der Waals surface area contributed by atoms with Crippen LogP contribution in [-0.2, 0) is 0 Å². The first kappa shape index (κ1) is 16.6. The van der Waals surface area contributed by atoms with Crippen LogP contribution in [-0.4, -0.2) is 33.4 Å². The Kier molecular flexibility index (Phi) is 7.88. The largest absolute Gasteiger partial charge is 0.496 e. The van der Waals surface area contributed by atoms with Gasteiger partial charge in [0.05, 0.1) is 14.2 Å². The second kappa shape index (κ2) is 9.48. The minimum atomic E-state index is 0.386. The molecule has 4 heteroatoms. The molecular formula is C16H27NO3. The number of rotatable bonds is 10. The molecule has 1 unspecified atom stereocenters. The first-order valence-corrected chi connectivity index (χ1v) is 7.32. The number of hydrogen-bond donors (Lipinski definition) is 1. The lowest BCUT2D eigenvalue weighted by Gasteiger charge is -2.19. The highest BCUT2D eigenvalue weighted by Crippen LogP contribution is 2.27. The normalized spacial score (nSPS) is 12.0. The Balaban J connectivity index is 2.61. The Morgan fingerprint density at radius 1 is 0.950 bits per heavy atom. The summed E-state index contributed by atoms with van der Waals surface area (Å²) in [6, 6.07) is 5.99. The Hall–Kier alpha value is -1.42. The van der Waals surface area contributed by atoms with E-state index in [4.69, 9.17) is 14.2 Å². The van der Waals surface area contributed by atoms with Gasteiger partial charge < -0.3 is 19.5 Å². The fraction of sp³-hybridized carbons (Fsp3) is 0.625. The molecule has 0 bridgehead atoms. The van der Waals surface area contributed by atoms with E-state index < -0.39 is 0 Å². The van der Waals surface area contributed by atoms with Crippen molar-refractivity contribution in [1.29, 1.82) is 0 Å². The lowest BCUT2D eigenvalue weighted by atomic mass is 10.2. The predicted molar refractivity (Wildman–Crippen MR) is 82.0 cm³/mol. The molecule has 1 aromatic rings. The maximum atomic E-state index is 5.88. The fourth-order valence-electron chi connectivity index (χ4n) is 2.00. The molecule has 1 rings (SSSR count). The van der Waals surface area contributed by atoms with Gasteiger partial charge in [0.1, 0.15) is 23.9 Å². The van der Waals surface area contributed by atoms with E-state index in [1.54, 1.807) is 14.2 Å². The summed E-state index contributed by atoms with van der Waals surface area (Å²) in [5.74, 6) is 2.27. The molecule has 0 aliphatic rings. The predicted octanol–water partition coefficient (Wildman–Crippen LogP) is 3.25. The van der Waals surface area contributed by atoms with Gasteiger partial charge in [0, 0.05) is 24.2 Å². The molecule has 0 radical (unpaired) electrons. The van der Waals surface area contributed by atoms with Gasteiger partial charge in [0.15, 0.2) is 0 Å². The van der Waals surface area contributed by atoms with Crippen molar-refractivity contribution in [3.05, 3.63) is 18.2 Å². The van der Waals surface area contributed by atoms with Crippen molar-refractivity contribution in [1.82, 2.24) is 5.32 Å². The summed E-state index contributed by atoms with van der Waals surface area (Å²) in [6.45, 7) is 6.04. The van der Waals surface area contributed by atoms with E-state index in [0.29, 0.717) is 12.6 Å². The third-order valence-corrected chi connectivity index (χ3v) is 3.10. The van der Waals surface area contributed by atoms with E-state index >= 15 is 0 Å². The fourth-order valence-corrected chi connectivity index (χ4v) is 2.00. The van der Waals surface area contributed by atoms with Gasteiger partial charge in [-0.15, -0.1) is 0 Å². The monoisotopic (exact) mass is 281 g/mol. The number of nitrogens with one attached hydrogen (secondary N) is 1. The third-order valence-electron chi connectivity index (χ3n) is 3.10. The topological polar surface area (TPSA) is 39.7 Å². The number of methoxy groups -OCH3 is 2. The zero-order chi connectivity index (χ0) is 14.8. The highest BCUT2D eigenvalue weighted by atomic mass is 16.5. The summed E-state index contributed by atoms with van der Waals surface area (Å²) in [7, 11) is 3.28. The molecule has 1 aromatic carbocycles. The smallest absolute Gasteiger partial charge is 0.126 e. The second-order valence-corrected chi connectivity index (χ2v) is 4.80. The van der Waals surface area contributed by atoms with Gasteiger partial charge in [-0.3, -0.25) is 0 Å². The van der Waals surface area contributed by atoms with Crippen molar-refractivity contribution in [3.63, 3.8) is 0 Å². The Morgan fingerprint density at radius 2 is 1.55 bits per heavy atom. The molecule has 0 saturated heterocycles. The molecule has 0 saturated carbocycles. The molecule has 4 nitrogen and oxygen atoms in total. The molecule has 0 heterocycles. The van der Waals surface area contributed by atoms with Crippen LogP contribution in [0.4, 0.5) is 0 Å². The zero-order valence-electron chi connectivity index (χ0n) is 13.1. The SMILES string of the molecule is CCCNC(CCC)COc1cc(OC)cc(OC)c1. The average Bonchev–Trinajstić information content (AvgIpc) is 2.49. The number of hydrogen-bond acceptors (Lipinski definition) is 4. The van der Waals surface area contributed by atoms with Gasteiger partial charge in [0.25, 0.3) is 0 Å². The van der Waals surface area contributed by atoms with Gasteiger partial charge in [-0.2, -0.15) is 0 Å². The molecule has 20 heavy (non-hydrogen) atoms. The Labute approximate surface area is 122 Å². The first-order valence-electron chi connectivity index (χ1n) is 7.32. The first-order chi connectivity index (χ1) is 9.73. The van der Waals surface area contributed by atoms with E-state index in [9.17, 15) is 0 Å². The molecule has 0 amide bonds. The summed E-state index contributed by atoms with van der Waals surface area (Å²) in [5.41, 5.74) is 0. The van der Waals surface area contributed by atoms with Gasteiger partial charge in [-0.05, 0) is 19.4 Å². The summed E-state index contributed by atoms with van der Waals surface area (Å²) in [6.07, 6.45) is 3.39. The summed E-state index contributed by atoms with van der Waals surface area (Å²) in [4.78, 5) is 0. The number of ether oxygens (including phenoxy) is 3. The minimum Gasteiger partial charge on any atom is -0.496 e. The molecular weight excluding hydrogens is 254 g/mol. The summed E-state index contributed by atoms with van der Waals surface area (Å²) in [5, 5.41) is 3.51. The summed E-state index contributed by atoms with van der Waals surface area (Å²) < 4.78 is 16.4. The van der Waals surface area contributed by atoms with Crippen molar-refractivity contribution in [2.24, 2.45) is 0 Å². The van der Waals surface area contributed by atoms with Crippen LogP contribution in [0.2, 0.25) is 0 Å². The van der Waals surface area contributed by atoms with Crippen molar-refractivity contribution in [2.75, 3.05) is 27.4 Å². The lowest BCUT2D eigenvalue weighted by molar-refractivity contribution is 0.253. The van der Waals surface area contributed by atoms with E-state index in [-0.39, 0.29) is 0 Å². The molecule has 114 valence electrons.